The van der Waals surface area contributed by atoms with Crippen molar-refractivity contribution in [1.82, 2.24) is 14.5 Å². The summed E-state index contributed by atoms with van der Waals surface area (Å²) in [5.74, 6) is 0.0336. The molecular formula is C18H17N3O2S. The molecule has 5 nitrogen and oxygen atoms in total. The summed E-state index contributed by atoms with van der Waals surface area (Å²) in [5.41, 5.74) is 2.67. The molecule has 1 aromatic heterocycles. The summed E-state index contributed by atoms with van der Waals surface area (Å²) < 4.78 is 10.8. The van der Waals surface area contributed by atoms with Crippen LogP contribution < -0.4 is 0 Å². The number of rotatable bonds is 3. The highest BCUT2D eigenvalue weighted by atomic mass is 32.1. The lowest BCUT2D eigenvalue weighted by molar-refractivity contribution is -0.0208. The van der Waals surface area contributed by atoms with Crippen LogP contribution in [0.3, 0.4) is 0 Å². The molecule has 1 aliphatic heterocycles. The van der Waals surface area contributed by atoms with E-state index in [0.29, 0.717) is 25.3 Å². The lowest BCUT2D eigenvalue weighted by atomic mass is 10.1. The van der Waals surface area contributed by atoms with E-state index in [2.05, 4.69) is 21.7 Å². The van der Waals surface area contributed by atoms with Crippen LogP contribution in [0.1, 0.15) is 15.9 Å². The largest absolute Gasteiger partial charge is 0.374 e. The van der Waals surface area contributed by atoms with Crippen LogP contribution >= 0.6 is 11.5 Å². The summed E-state index contributed by atoms with van der Waals surface area (Å²) in [6.45, 7) is 1.81. The maximum atomic E-state index is 12.8. The summed E-state index contributed by atoms with van der Waals surface area (Å²) in [6, 6.07) is 15.8. The molecule has 0 aliphatic carbocycles. The highest BCUT2D eigenvalue weighted by Gasteiger charge is 2.25. The van der Waals surface area contributed by atoms with Gasteiger partial charge in [-0.25, -0.2) is 0 Å². The number of hydrogen-bond acceptors (Lipinski definition) is 5. The zero-order valence-electron chi connectivity index (χ0n) is 13.1. The van der Waals surface area contributed by atoms with Crippen LogP contribution in [0.5, 0.6) is 0 Å². The van der Waals surface area contributed by atoms with E-state index in [-0.39, 0.29) is 12.0 Å². The molecule has 0 radical (unpaired) electrons. The van der Waals surface area contributed by atoms with E-state index >= 15 is 0 Å². The van der Waals surface area contributed by atoms with Crippen molar-refractivity contribution in [2.45, 2.75) is 12.5 Å². The number of morpholine rings is 1. The minimum absolute atomic E-state index is 0.0336. The number of carbonyl (C=O) groups excluding carboxylic acids is 1. The van der Waals surface area contributed by atoms with Crippen molar-refractivity contribution in [3.05, 3.63) is 59.7 Å². The third-order valence-corrected chi connectivity index (χ3v) is 4.93. The van der Waals surface area contributed by atoms with E-state index < -0.39 is 0 Å². The summed E-state index contributed by atoms with van der Waals surface area (Å²) in [6.07, 6.45) is 0.856. The molecule has 1 fully saturated rings. The van der Waals surface area contributed by atoms with Gasteiger partial charge in [-0.2, -0.15) is 0 Å². The Bertz CT molecular complexity index is 850. The Kier molecular flexibility index (Phi) is 4.23. The van der Waals surface area contributed by atoms with Crippen LogP contribution in [0.25, 0.3) is 10.2 Å². The molecule has 4 rings (SSSR count). The van der Waals surface area contributed by atoms with Gasteiger partial charge < -0.3 is 9.64 Å². The van der Waals surface area contributed by atoms with Crippen LogP contribution in [0.2, 0.25) is 0 Å². The predicted molar refractivity (Wildman–Crippen MR) is 93.2 cm³/mol. The highest BCUT2D eigenvalue weighted by molar-refractivity contribution is 7.12. The first-order chi connectivity index (χ1) is 11.8. The third kappa shape index (κ3) is 3.16. The number of fused-ring (bicyclic) bond motifs is 1. The van der Waals surface area contributed by atoms with Crippen molar-refractivity contribution >= 4 is 27.7 Å². The average molecular weight is 339 g/mol. The second-order valence-corrected chi connectivity index (χ2v) is 6.67. The molecule has 1 unspecified atom stereocenters. The number of hydrogen-bond donors (Lipinski definition) is 0. The van der Waals surface area contributed by atoms with E-state index in [9.17, 15) is 4.79 Å². The van der Waals surface area contributed by atoms with Crippen molar-refractivity contribution in [2.24, 2.45) is 0 Å². The average Bonchev–Trinajstić information content (AvgIpc) is 3.10. The van der Waals surface area contributed by atoms with Gasteiger partial charge in [0.05, 0.1) is 17.4 Å². The van der Waals surface area contributed by atoms with E-state index in [1.54, 1.807) is 0 Å². The normalized spacial score (nSPS) is 18.0. The maximum absolute atomic E-state index is 12.8. The van der Waals surface area contributed by atoms with Gasteiger partial charge in [0.25, 0.3) is 5.91 Å². The molecule has 2 heterocycles. The topological polar surface area (TPSA) is 55.3 Å². The lowest BCUT2D eigenvalue weighted by Crippen LogP contribution is -2.46. The molecule has 6 heteroatoms. The molecule has 3 aromatic rings. The number of amides is 1. The molecule has 24 heavy (non-hydrogen) atoms. The van der Waals surface area contributed by atoms with Gasteiger partial charge in [0, 0.05) is 25.1 Å². The van der Waals surface area contributed by atoms with Crippen molar-refractivity contribution in [3.63, 3.8) is 0 Å². The van der Waals surface area contributed by atoms with Crippen molar-refractivity contribution < 1.29 is 9.53 Å². The minimum Gasteiger partial charge on any atom is -0.374 e. The SMILES string of the molecule is O=C(c1ccc2snnc2c1)N1CCOC(Cc2ccccc2)C1. The van der Waals surface area contributed by atoms with Gasteiger partial charge in [0.2, 0.25) is 0 Å². The minimum atomic E-state index is 0.0336. The Morgan fingerprint density at radius 3 is 3.00 bits per heavy atom. The van der Waals surface area contributed by atoms with Gasteiger partial charge in [0.15, 0.2) is 0 Å². The molecule has 0 N–H and O–H groups in total. The molecular weight excluding hydrogens is 322 g/mol. The molecule has 2 aromatic carbocycles. The number of ether oxygens (including phenoxy) is 1. The van der Waals surface area contributed by atoms with E-state index in [1.165, 1.54) is 17.1 Å². The number of benzene rings is 2. The van der Waals surface area contributed by atoms with Gasteiger partial charge in [-0.15, -0.1) is 5.10 Å². The van der Waals surface area contributed by atoms with E-state index in [1.807, 2.05) is 41.3 Å². The Hall–Kier alpha value is -2.31. The highest BCUT2D eigenvalue weighted by Crippen LogP contribution is 2.19. The van der Waals surface area contributed by atoms with Gasteiger partial charge in [-0.1, -0.05) is 34.8 Å². The molecule has 1 atom stereocenters. The smallest absolute Gasteiger partial charge is 0.254 e. The predicted octanol–water partition coefficient (Wildman–Crippen LogP) is 2.78. The molecule has 1 aliphatic rings. The Labute approximate surface area is 144 Å². The van der Waals surface area contributed by atoms with Crippen LogP contribution in [-0.2, 0) is 11.2 Å². The summed E-state index contributed by atoms with van der Waals surface area (Å²) in [5, 5.41) is 4.05. The second kappa shape index (κ2) is 6.67. The zero-order chi connectivity index (χ0) is 16.4. The van der Waals surface area contributed by atoms with Gasteiger partial charge in [-0.3, -0.25) is 4.79 Å². The van der Waals surface area contributed by atoms with Crippen LogP contribution in [0, 0.1) is 0 Å². The van der Waals surface area contributed by atoms with Crippen molar-refractivity contribution in [2.75, 3.05) is 19.7 Å². The molecule has 0 saturated carbocycles. The number of aromatic nitrogens is 2. The fourth-order valence-electron chi connectivity index (χ4n) is 3.00. The summed E-state index contributed by atoms with van der Waals surface area (Å²) in [7, 11) is 0. The van der Waals surface area contributed by atoms with Crippen LogP contribution in [0.4, 0.5) is 0 Å². The Morgan fingerprint density at radius 1 is 1.25 bits per heavy atom. The first-order valence-electron chi connectivity index (χ1n) is 7.96. The summed E-state index contributed by atoms with van der Waals surface area (Å²) >= 11 is 1.34. The molecule has 122 valence electrons. The second-order valence-electron chi connectivity index (χ2n) is 5.89. The lowest BCUT2D eigenvalue weighted by Gasteiger charge is -2.33. The molecule has 0 bridgehead atoms. The van der Waals surface area contributed by atoms with Crippen molar-refractivity contribution in [1.29, 1.82) is 0 Å². The maximum Gasteiger partial charge on any atom is 0.254 e. The van der Waals surface area contributed by atoms with Gasteiger partial charge in [0.1, 0.15) is 5.52 Å². The fourth-order valence-corrected chi connectivity index (χ4v) is 3.54. The molecule has 0 spiro atoms. The van der Waals surface area contributed by atoms with Gasteiger partial charge >= 0.3 is 0 Å². The van der Waals surface area contributed by atoms with Crippen molar-refractivity contribution in [3.8, 4) is 0 Å². The van der Waals surface area contributed by atoms with E-state index in [4.69, 9.17) is 4.74 Å². The first kappa shape index (κ1) is 15.2. The van der Waals surface area contributed by atoms with Crippen LogP contribution in [-0.4, -0.2) is 46.2 Å². The number of nitrogens with zero attached hydrogens (tertiary/aromatic N) is 3. The first-order valence-corrected chi connectivity index (χ1v) is 8.74. The number of carbonyl (C=O) groups is 1. The van der Waals surface area contributed by atoms with Gasteiger partial charge in [-0.05, 0) is 35.3 Å². The molecule has 1 saturated heterocycles. The fraction of sp³-hybridized carbons (Fsp3) is 0.278. The third-order valence-electron chi connectivity index (χ3n) is 4.23. The Morgan fingerprint density at radius 2 is 2.12 bits per heavy atom. The Balaban J connectivity index is 1.47. The monoisotopic (exact) mass is 339 g/mol. The van der Waals surface area contributed by atoms with Crippen LogP contribution in [0.15, 0.2) is 48.5 Å². The van der Waals surface area contributed by atoms with E-state index in [0.717, 1.165) is 16.6 Å². The quantitative estimate of drug-likeness (QED) is 0.736. The molecule has 1 amide bonds. The standard InChI is InChI=1S/C18H17N3O2S/c22-18(14-6-7-17-16(11-14)19-20-24-17)21-8-9-23-15(12-21)10-13-4-2-1-3-5-13/h1-7,11,15H,8-10,12H2. The summed E-state index contributed by atoms with van der Waals surface area (Å²) in [4.78, 5) is 14.7. The zero-order valence-corrected chi connectivity index (χ0v) is 13.9.